The maximum absolute atomic E-state index is 6.32. The van der Waals surface area contributed by atoms with Crippen LogP contribution in [-0.4, -0.2) is 9.13 Å². The van der Waals surface area contributed by atoms with Gasteiger partial charge in [0, 0.05) is 55.8 Å². The minimum absolute atomic E-state index is 1.01. The molecule has 12 rings (SSSR count). The Labute approximate surface area is 403 Å². The predicted octanol–water partition coefficient (Wildman–Crippen LogP) is 16.6. The van der Waals surface area contributed by atoms with E-state index in [9.17, 15) is 0 Å². The van der Waals surface area contributed by atoms with E-state index in [1.54, 1.807) is 6.20 Å². The molecule has 0 saturated heterocycles. The fourth-order valence-electron chi connectivity index (χ4n) is 10.8. The zero-order chi connectivity index (χ0) is 46.6. The summed E-state index contributed by atoms with van der Waals surface area (Å²) in [6, 6.07) is 74.3. The fraction of sp³-hybridized carbons (Fsp3) is 0.0312. The molecule has 8 aromatic carbocycles. The first kappa shape index (κ1) is 41.4. The van der Waals surface area contributed by atoms with E-state index in [1.807, 2.05) is 18.2 Å². The molecule has 0 amide bonds. The van der Waals surface area contributed by atoms with Crippen molar-refractivity contribution in [1.82, 2.24) is 9.13 Å². The van der Waals surface area contributed by atoms with Gasteiger partial charge < -0.3 is 24.7 Å². The lowest BCUT2D eigenvalue weighted by molar-refractivity contribution is 1.09. The van der Waals surface area contributed by atoms with E-state index in [2.05, 4.69) is 252 Å². The molecule has 330 valence electrons. The van der Waals surface area contributed by atoms with Crippen LogP contribution in [0.2, 0.25) is 0 Å². The Kier molecular flexibility index (Phi) is 10.2. The van der Waals surface area contributed by atoms with Crippen LogP contribution in [0.3, 0.4) is 0 Å². The van der Waals surface area contributed by atoms with Crippen LogP contribution in [0.15, 0.2) is 255 Å². The first-order valence-corrected chi connectivity index (χ1v) is 23.5. The summed E-state index contributed by atoms with van der Waals surface area (Å²) in [6.45, 7) is 8.56. The Hall–Kier alpha value is -9.06. The number of hydrogen-bond acceptors (Lipinski definition) is 3. The third kappa shape index (κ3) is 6.62. The number of hydrogen-bond donors (Lipinski definition) is 1. The molecule has 69 heavy (non-hydrogen) atoms. The molecule has 0 aliphatic carbocycles. The standard InChI is InChI=1S/C64H49N5/c1-4-5-28-55-43(2)63-61(53-26-14-18-31-59(53)68(63)47-20-8-6-9-21-47)51-24-12-16-29-57(51)66(55)49-37-33-45(34-38-49)46-35-39-50(40-36-46)67-56(41-42-65)44(3)64-62(52-25-13-17-30-58(52)67)54-27-15-19-32-60(54)69(64)48-22-10-7-11-23-48/h4-42H,1,65H2,2-3H3/b28-5-,42-41-. The minimum Gasteiger partial charge on any atom is -0.405 e. The molecular weight excluding hydrogens is 839 g/mol. The number of aromatic nitrogens is 2. The minimum atomic E-state index is 1.01. The Morgan fingerprint density at radius 3 is 1.23 bits per heavy atom. The lowest BCUT2D eigenvalue weighted by Gasteiger charge is -2.29. The summed E-state index contributed by atoms with van der Waals surface area (Å²) >= 11 is 0. The van der Waals surface area contributed by atoms with Gasteiger partial charge in [0.15, 0.2) is 0 Å². The molecule has 2 N–H and O–H groups in total. The zero-order valence-corrected chi connectivity index (χ0v) is 38.6. The van der Waals surface area contributed by atoms with Crippen LogP contribution in [0, 0.1) is 0 Å². The van der Waals surface area contributed by atoms with Gasteiger partial charge in [0.25, 0.3) is 0 Å². The molecular formula is C64H49N5. The van der Waals surface area contributed by atoms with Crippen LogP contribution in [0.5, 0.6) is 0 Å². The summed E-state index contributed by atoms with van der Waals surface area (Å²) in [5.41, 5.74) is 29.0. The van der Waals surface area contributed by atoms with Crippen molar-refractivity contribution < 1.29 is 0 Å². The molecule has 0 saturated carbocycles. The second kappa shape index (κ2) is 17.0. The van der Waals surface area contributed by atoms with Crippen molar-refractivity contribution in [3.8, 4) is 44.8 Å². The highest BCUT2D eigenvalue weighted by atomic mass is 15.2. The van der Waals surface area contributed by atoms with Crippen molar-refractivity contribution in [1.29, 1.82) is 0 Å². The van der Waals surface area contributed by atoms with Crippen molar-refractivity contribution in [3.63, 3.8) is 0 Å². The summed E-state index contributed by atoms with van der Waals surface area (Å²) in [6.07, 6.45) is 9.79. The largest absolute Gasteiger partial charge is 0.405 e. The average molecular weight is 888 g/mol. The van der Waals surface area contributed by atoms with E-state index in [1.165, 1.54) is 49.8 Å². The topological polar surface area (TPSA) is 42.4 Å². The first-order valence-electron chi connectivity index (χ1n) is 23.5. The molecule has 0 unspecified atom stereocenters. The van der Waals surface area contributed by atoms with Gasteiger partial charge in [-0.15, -0.1) is 0 Å². The van der Waals surface area contributed by atoms with Gasteiger partial charge in [-0.05, 0) is 127 Å². The number of fused-ring (bicyclic) bond motifs is 10. The Morgan fingerprint density at radius 2 is 0.797 bits per heavy atom. The first-order chi connectivity index (χ1) is 34.1. The third-order valence-corrected chi connectivity index (χ3v) is 13.8. The third-order valence-electron chi connectivity index (χ3n) is 13.8. The highest BCUT2D eigenvalue weighted by molar-refractivity contribution is 6.11. The molecule has 10 aromatic rings. The van der Waals surface area contributed by atoms with Crippen LogP contribution in [0.1, 0.15) is 25.2 Å². The van der Waals surface area contributed by atoms with E-state index >= 15 is 0 Å². The number of allylic oxidation sites excluding steroid dienone is 6. The highest BCUT2D eigenvalue weighted by Crippen LogP contribution is 2.52. The normalized spacial score (nSPS) is 13.5. The predicted molar refractivity (Wildman–Crippen MR) is 291 cm³/mol. The summed E-state index contributed by atoms with van der Waals surface area (Å²) in [7, 11) is 0. The number of anilines is 4. The van der Waals surface area contributed by atoms with Gasteiger partial charge in [-0.1, -0.05) is 152 Å². The molecule has 5 heteroatoms. The zero-order valence-electron chi connectivity index (χ0n) is 38.6. The molecule has 0 fully saturated rings. The van der Waals surface area contributed by atoms with Crippen LogP contribution in [0.25, 0.3) is 77.7 Å². The molecule has 5 nitrogen and oxygen atoms in total. The number of nitrogens with two attached hydrogens (primary N) is 1. The summed E-state index contributed by atoms with van der Waals surface area (Å²) in [5, 5.41) is 2.43. The van der Waals surface area contributed by atoms with Gasteiger partial charge in [0.2, 0.25) is 0 Å². The SMILES string of the molecule is C=C/C=C\C1=C(C)c2c(c3ccccc3n2-c2ccccc2)-c2ccccc2N1c1ccc(-c2ccc(N3C(/C=C\N)=C(C)c4c(c5ccccc5n4-c4ccccc4)-c4ccccc43)cc2)cc1. The molecule has 2 aliphatic rings. The maximum Gasteiger partial charge on any atom is 0.0597 e. The summed E-state index contributed by atoms with van der Waals surface area (Å²) < 4.78 is 4.83. The maximum atomic E-state index is 6.32. The lowest BCUT2D eigenvalue weighted by atomic mass is 9.98. The average Bonchev–Trinajstić information content (AvgIpc) is 3.88. The Balaban J connectivity index is 0.964. The van der Waals surface area contributed by atoms with E-state index in [0.717, 1.165) is 73.5 Å². The number of rotatable bonds is 8. The summed E-state index contributed by atoms with van der Waals surface area (Å²) in [5.74, 6) is 0. The number of benzene rings is 8. The lowest BCUT2D eigenvalue weighted by Crippen LogP contribution is -2.17. The molecule has 0 bridgehead atoms. The Bertz CT molecular complexity index is 3750. The monoisotopic (exact) mass is 887 g/mol. The van der Waals surface area contributed by atoms with Crippen molar-refractivity contribution in [2.45, 2.75) is 13.8 Å². The fourth-order valence-corrected chi connectivity index (χ4v) is 10.8. The molecule has 2 aromatic heterocycles. The quantitative estimate of drug-likeness (QED) is 0.155. The highest BCUT2D eigenvalue weighted by Gasteiger charge is 2.32. The molecule has 0 atom stereocenters. The molecule has 0 spiro atoms. The van der Waals surface area contributed by atoms with E-state index in [4.69, 9.17) is 5.73 Å². The van der Waals surface area contributed by atoms with Crippen LogP contribution in [-0.2, 0) is 0 Å². The van der Waals surface area contributed by atoms with E-state index in [0.29, 0.717) is 0 Å². The Morgan fingerprint density at radius 1 is 0.406 bits per heavy atom. The second-order valence-corrected chi connectivity index (χ2v) is 17.6. The van der Waals surface area contributed by atoms with Gasteiger partial charge >= 0.3 is 0 Å². The van der Waals surface area contributed by atoms with Gasteiger partial charge in [0.05, 0.1) is 45.2 Å². The molecule has 2 aliphatic heterocycles. The smallest absolute Gasteiger partial charge is 0.0597 e. The van der Waals surface area contributed by atoms with Crippen molar-refractivity contribution in [2.75, 3.05) is 9.80 Å². The van der Waals surface area contributed by atoms with E-state index < -0.39 is 0 Å². The van der Waals surface area contributed by atoms with Crippen LogP contribution in [0.4, 0.5) is 22.7 Å². The van der Waals surface area contributed by atoms with Gasteiger partial charge in [-0.25, -0.2) is 0 Å². The van der Waals surface area contributed by atoms with Gasteiger partial charge in [-0.2, -0.15) is 0 Å². The summed E-state index contributed by atoms with van der Waals surface area (Å²) in [4.78, 5) is 4.76. The van der Waals surface area contributed by atoms with Crippen molar-refractivity contribution in [3.05, 3.63) is 266 Å². The number of nitrogens with zero attached hydrogens (tertiary/aromatic N) is 4. The van der Waals surface area contributed by atoms with Crippen LogP contribution >= 0.6 is 0 Å². The van der Waals surface area contributed by atoms with Gasteiger partial charge in [-0.3, -0.25) is 0 Å². The van der Waals surface area contributed by atoms with Crippen molar-refractivity contribution in [2.24, 2.45) is 5.73 Å². The molecule has 4 heterocycles. The number of para-hydroxylation sites is 6. The van der Waals surface area contributed by atoms with Crippen molar-refractivity contribution >= 4 is 55.7 Å². The van der Waals surface area contributed by atoms with E-state index in [-0.39, 0.29) is 0 Å². The second-order valence-electron chi connectivity index (χ2n) is 17.6. The van der Waals surface area contributed by atoms with Crippen LogP contribution < -0.4 is 15.5 Å². The van der Waals surface area contributed by atoms with Gasteiger partial charge in [0.1, 0.15) is 0 Å². The molecule has 0 radical (unpaired) electrons.